The molecule has 10 heteroatoms. The van der Waals surface area contributed by atoms with Crippen LogP contribution in [-0.2, 0) is 19.2 Å². The van der Waals surface area contributed by atoms with Crippen LogP contribution in [-0.4, -0.2) is 23.9 Å². The fraction of sp³-hybridized carbons (Fsp3) is 0. The van der Waals surface area contributed by atoms with Crippen LogP contribution in [0.25, 0.3) is 0 Å². The average molecular weight is 334 g/mol. The Kier molecular flexibility index (Phi) is 20.3. The molecule has 0 aliphatic heterocycles. The predicted octanol–water partition coefficient (Wildman–Crippen LogP) is -6.65. The van der Waals surface area contributed by atoms with Crippen LogP contribution in [0.4, 0.5) is 0 Å². The van der Waals surface area contributed by atoms with Crippen LogP contribution in [0, 0.1) is 41.7 Å². The standard InChI is InChI=1S/2C2H2O4.Ce.H3N/c2*3-1(4)2(5)6;;/h2*(H,3,4)(H,5,6);;1H3/q;;+3;/p-3. The first-order valence-corrected chi connectivity index (χ1v) is 2.13. The van der Waals surface area contributed by atoms with E-state index in [1.54, 1.807) is 0 Å². The zero-order valence-electron chi connectivity index (χ0n) is 6.77. The van der Waals surface area contributed by atoms with Gasteiger partial charge in [-0.1, -0.05) is 0 Å². The number of carboxylic acids is 4. The van der Waals surface area contributed by atoms with Gasteiger partial charge in [0.05, 0.1) is 23.9 Å². The Bertz CT molecular complexity index is 177. The van der Waals surface area contributed by atoms with E-state index in [0.717, 1.165) is 0 Å². The van der Waals surface area contributed by atoms with Crippen molar-refractivity contribution in [3.05, 3.63) is 0 Å². The van der Waals surface area contributed by atoms with Crippen LogP contribution >= 0.6 is 0 Å². The molecule has 1 radical (unpaired) electrons. The molecule has 0 atom stereocenters. The third kappa shape index (κ3) is 22.5. The van der Waals surface area contributed by atoms with E-state index in [0.29, 0.717) is 0 Å². The van der Waals surface area contributed by atoms with E-state index in [4.69, 9.17) is 39.6 Å². The van der Waals surface area contributed by atoms with Crippen molar-refractivity contribution in [3.8, 4) is 0 Å². The van der Waals surface area contributed by atoms with E-state index in [-0.39, 0.29) is 47.9 Å². The Morgan fingerprint density at radius 2 is 0.643 bits per heavy atom. The van der Waals surface area contributed by atoms with Crippen LogP contribution in [0.2, 0.25) is 0 Å². The number of hydrogen-bond acceptors (Lipinski definition) is 8. The Balaban J connectivity index is -0.0000000625. The first-order chi connectivity index (χ1) is 5.29. The SMILES string of the molecule is O=C([O-])C(=O)[O-].O=C([O-])C(=O)[O-].[Ce+3].[NH4+]. The molecule has 0 aromatic heterocycles. The maximum atomic E-state index is 8.93. The van der Waals surface area contributed by atoms with Crippen molar-refractivity contribution in [3.63, 3.8) is 0 Å². The molecule has 0 rings (SSSR count). The van der Waals surface area contributed by atoms with Gasteiger partial charge in [0.1, 0.15) is 0 Å². The second kappa shape index (κ2) is 12.2. The number of carboxylic acid groups (broad SMARTS) is 4. The summed E-state index contributed by atoms with van der Waals surface area (Å²) in [6.45, 7) is 0. The molecule has 0 fully saturated rings. The van der Waals surface area contributed by atoms with Crippen molar-refractivity contribution in [1.29, 1.82) is 0 Å². The Labute approximate surface area is 111 Å². The van der Waals surface area contributed by atoms with Gasteiger partial charge in [0.25, 0.3) is 0 Å². The average Bonchev–Trinajstić information content (AvgIpc) is 1.88. The number of hydrogen-bond donors (Lipinski definition) is 1. The molecule has 9 nitrogen and oxygen atoms in total. The Hall–Kier alpha value is -0.783. The fourth-order valence-corrected chi connectivity index (χ4v) is 0. The minimum absolute atomic E-state index is 0. The molecule has 0 aliphatic carbocycles. The molecule has 0 spiro atoms. The number of carbonyl (C=O) groups excluding carboxylic acids is 4. The molecule has 0 unspecified atom stereocenters. The molecule has 0 aromatic rings. The molecule has 0 amide bonds. The van der Waals surface area contributed by atoms with Crippen LogP contribution in [0.3, 0.4) is 0 Å². The minimum atomic E-state index is -2.19. The van der Waals surface area contributed by atoms with Gasteiger partial charge in [0, 0.05) is 0 Å². The van der Waals surface area contributed by atoms with Gasteiger partial charge >= 0.3 is 41.7 Å². The zero-order chi connectivity index (χ0) is 10.3. The largest absolute Gasteiger partial charge is 3.00 e. The number of aliphatic carboxylic acids is 4. The second-order valence-corrected chi connectivity index (χ2v) is 1.15. The summed E-state index contributed by atoms with van der Waals surface area (Å²) in [5.74, 6) is -8.74. The van der Waals surface area contributed by atoms with Crippen LogP contribution < -0.4 is 26.6 Å². The van der Waals surface area contributed by atoms with Gasteiger partial charge in [-0.15, -0.1) is 0 Å². The quantitative estimate of drug-likeness (QED) is 0.421. The molecule has 0 aromatic carbocycles. The third-order valence-corrected chi connectivity index (χ3v) is 0.333. The summed E-state index contributed by atoms with van der Waals surface area (Å²) in [5, 5.41) is 35.7. The second-order valence-electron chi connectivity index (χ2n) is 1.15. The molecule has 0 saturated carbocycles. The van der Waals surface area contributed by atoms with E-state index < -0.39 is 23.9 Å². The van der Waals surface area contributed by atoms with Crippen LogP contribution in [0.5, 0.6) is 0 Å². The smallest absolute Gasteiger partial charge is 0.543 e. The zero-order valence-corrected chi connectivity index (χ0v) is 9.91. The summed E-state index contributed by atoms with van der Waals surface area (Å²) >= 11 is 0. The van der Waals surface area contributed by atoms with Crippen molar-refractivity contribution in [2.24, 2.45) is 0 Å². The topological polar surface area (TPSA) is 197 Å². The minimum Gasteiger partial charge on any atom is -0.543 e. The third-order valence-electron chi connectivity index (χ3n) is 0.333. The number of carbonyl (C=O) groups is 4. The van der Waals surface area contributed by atoms with E-state index in [9.17, 15) is 0 Å². The van der Waals surface area contributed by atoms with E-state index in [1.165, 1.54) is 0 Å². The van der Waals surface area contributed by atoms with Gasteiger partial charge in [0.15, 0.2) is 0 Å². The molecule has 4 N–H and O–H groups in total. The van der Waals surface area contributed by atoms with Gasteiger partial charge in [-0.05, 0) is 0 Å². The van der Waals surface area contributed by atoms with Gasteiger partial charge in [-0.2, -0.15) is 0 Å². The molecular formula is C4H4CeNO8. The summed E-state index contributed by atoms with van der Waals surface area (Å²) in [7, 11) is 0. The van der Waals surface area contributed by atoms with Crippen LogP contribution in [0.1, 0.15) is 0 Å². The number of quaternary nitrogens is 1. The predicted molar refractivity (Wildman–Crippen MR) is 26.0 cm³/mol. The summed E-state index contributed by atoms with van der Waals surface area (Å²) < 4.78 is 0. The van der Waals surface area contributed by atoms with Crippen molar-refractivity contribution in [2.75, 3.05) is 0 Å². The van der Waals surface area contributed by atoms with E-state index in [2.05, 4.69) is 0 Å². The monoisotopic (exact) mass is 334 g/mol. The van der Waals surface area contributed by atoms with Crippen molar-refractivity contribution < 1.29 is 81.4 Å². The molecule has 0 saturated heterocycles. The van der Waals surface area contributed by atoms with Crippen LogP contribution in [0.15, 0.2) is 0 Å². The molecule has 14 heavy (non-hydrogen) atoms. The Morgan fingerprint density at radius 3 is 0.643 bits per heavy atom. The molecule has 77 valence electrons. The Morgan fingerprint density at radius 1 is 0.571 bits per heavy atom. The summed E-state index contributed by atoms with van der Waals surface area (Å²) in [5.41, 5.74) is 0. The van der Waals surface area contributed by atoms with Gasteiger partial charge in [-0.25, -0.2) is 0 Å². The maximum absolute atomic E-state index is 8.93. The first-order valence-electron chi connectivity index (χ1n) is 2.13. The van der Waals surface area contributed by atoms with E-state index in [1.807, 2.05) is 0 Å². The van der Waals surface area contributed by atoms with Gasteiger partial charge in [0.2, 0.25) is 0 Å². The van der Waals surface area contributed by atoms with Gasteiger partial charge < -0.3 is 45.8 Å². The van der Waals surface area contributed by atoms with Crippen molar-refractivity contribution >= 4 is 23.9 Å². The van der Waals surface area contributed by atoms with Crippen molar-refractivity contribution in [2.45, 2.75) is 0 Å². The maximum Gasteiger partial charge on any atom is 3.00 e. The normalized spacial score (nSPS) is 6.29. The molecule has 0 aliphatic rings. The first kappa shape index (κ1) is 23.2. The summed E-state index contributed by atoms with van der Waals surface area (Å²) in [4.78, 5) is 35.7. The molecule has 0 heterocycles. The van der Waals surface area contributed by atoms with Crippen molar-refractivity contribution in [1.82, 2.24) is 6.15 Å². The van der Waals surface area contributed by atoms with Gasteiger partial charge in [-0.3, -0.25) is 0 Å². The summed E-state index contributed by atoms with van der Waals surface area (Å²) in [6, 6.07) is 0. The number of rotatable bonds is 0. The van der Waals surface area contributed by atoms with E-state index >= 15 is 0 Å². The fourth-order valence-electron chi connectivity index (χ4n) is 0. The molecule has 0 bridgehead atoms. The molecular weight excluding hydrogens is 330 g/mol. The summed E-state index contributed by atoms with van der Waals surface area (Å²) in [6.07, 6.45) is 0.